The van der Waals surface area contributed by atoms with Crippen LogP contribution in [0.1, 0.15) is 255 Å². The summed E-state index contributed by atoms with van der Waals surface area (Å²) < 4.78 is 4.76. The number of piperidine rings is 4. The minimum Gasteiger partial charge on any atom is -0.468 e. The molecule has 16 nitrogen and oxygen atoms in total. The summed E-state index contributed by atoms with van der Waals surface area (Å²) in [5.74, 6) is 1.58. The third-order valence-electron chi connectivity index (χ3n) is 23.2. The Morgan fingerprint density at radius 3 is 1.08 bits per heavy atom. The van der Waals surface area contributed by atoms with Gasteiger partial charge in [0.2, 0.25) is 29.5 Å². The Kier molecular flexibility index (Phi) is 26.1. The molecule has 4 fully saturated rings. The number of rotatable bonds is 17. The quantitative estimate of drug-likeness (QED) is 0.0634. The number of methoxy groups -OCH3 is 1. The van der Waals surface area contributed by atoms with Gasteiger partial charge in [0.15, 0.2) is 0 Å². The van der Waals surface area contributed by atoms with E-state index in [2.05, 4.69) is 186 Å². The molecule has 4 spiro atoms. The first-order chi connectivity index (χ1) is 46.8. The molecule has 546 valence electrons. The Morgan fingerprint density at radius 1 is 0.459 bits per heavy atom. The molecule has 98 heavy (non-hydrogen) atoms. The maximum Gasteiger partial charge on any atom is 0.319 e. The van der Waals surface area contributed by atoms with Crippen molar-refractivity contribution in [3.05, 3.63) is 142 Å². The summed E-state index contributed by atoms with van der Waals surface area (Å²) in [6.07, 6.45) is 16.7. The van der Waals surface area contributed by atoms with E-state index in [9.17, 15) is 28.8 Å². The van der Waals surface area contributed by atoms with Crippen LogP contribution in [0, 0.1) is 17.3 Å². The van der Waals surface area contributed by atoms with E-state index in [4.69, 9.17) is 4.74 Å². The van der Waals surface area contributed by atoms with Crippen molar-refractivity contribution in [2.45, 2.75) is 225 Å². The average molecular weight is 1360 g/mol. The fourth-order valence-corrected chi connectivity index (χ4v) is 17.5. The normalized spacial score (nSPS) is 22.4. The second-order valence-electron chi connectivity index (χ2n) is 32.2. The van der Waals surface area contributed by atoms with Crippen molar-refractivity contribution < 1.29 is 40.6 Å². The smallest absolute Gasteiger partial charge is 0.319 e. The zero-order chi connectivity index (χ0) is 70.4. The number of amides is 5. The molecule has 4 atom stereocenters. The first kappa shape index (κ1) is 75.7. The monoisotopic (exact) mass is 1350 g/mol. The van der Waals surface area contributed by atoms with Crippen molar-refractivity contribution in [2.24, 2.45) is 17.3 Å². The van der Waals surface area contributed by atoms with Crippen molar-refractivity contribution in [2.75, 3.05) is 92.2 Å². The molecule has 4 saturated heterocycles. The van der Waals surface area contributed by atoms with Gasteiger partial charge >= 0.3 is 5.97 Å². The number of fused-ring (bicyclic) bond motifs is 8. The largest absolute Gasteiger partial charge is 0.468 e. The molecule has 8 aliphatic rings. The highest BCUT2D eigenvalue weighted by Gasteiger charge is 2.50. The summed E-state index contributed by atoms with van der Waals surface area (Å²) >= 11 is 0. The Bertz CT molecular complexity index is 3350. The number of carbonyl (C=O) groups is 6. The lowest BCUT2D eigenvalue weighted by atomic mass is 9.73. The summed E-state index contributed by atoms with van der Waals surface area (Å²) in [7, 11) is 1.43. The van der Waals surface area contributed by atoms with Crippen LogP contribution < -0.4 is 26.6 Å². The minimum atomic E-state index is -0.177. The van der Waals surface area contributed by atoms with Gasteiger partial charge in [0, 0.05) is 62.0 Å². The molecule has 0 saturated carbocycles. The molecule has 12 rings (SSSR count). The molecule has 4 aromatic rings. The van der Waals surface area contributed by atoms with Gasteiger partial charge in [-0.25, -0.2) is 0 Å². The molecule has 5 amide bonds. The van der Waals surface area contributed by atoms with Crippen LogP contribution in [-0.4, -0.2) is 147 Å². The Balaban J connectivity index is 0.000000286. The zero-order valence-electron chi connectivity index (χ0n) is 61.9. The number of esters is 1. The predicted molar refractivity (Wildman–Crippen MR) is 403 cm³/mol. The van der Waals surface area contributed by atoms with E-state index < -0.39 is 0 Å². The number of hydrogen-bond donors (Lipinski definition) is 5. The van der Waals surface area contributed by atoms with E-state index >= 15 is 0 Å². The van der Waals surface area contributed by atoms with Crippen LogP contribution in [0.2, 0.25) is 0 Å². The second kappa shape index (κ2) is 33.8. The van der Waals surface area contributed by atoms with Crippen LogP contribution in [0.3, 0.4) is 0 Å². The maximum atomic E-state index is 12.1. The maximum absolute atomic E-state index is 12.1. The van der Waals surface area contributed by atoms with Gasteiger partial charge in [0.1, 0.15) is 0 Å². The van der Waals surface area contributed by atoms with E-state index in [1.165, 1.54) is 129 Å². The van der Waals surface area contributed by atoms with Crippen molar-refractivity contribution in [3.63, 3.8) is 0 Å². The molecule has 16 heteroatoms. The highest BCUT2D eigenvalue weighted by Crippen LogP contribution is 2.54. The van der Waals surface area contributed by atoms with E-state index in [-0.39, 0.29) is 88.5 Å². The predicted octanol–water partition coefficient (Wildman–Crippen LogP) is 13.8. The van der Waals surface area contributed by atoms with Gasteiger partial charge in [-0.15, -0.1) is 0 Å². The number of likely N-dealkylation sites (tertiary alicyclic amines) is 4. The fraction of sp³-hybridized carbons (Fsp3) is 0.634. The van der Waals surface area contributed by atoms with E-state index in [1.54, 1.807) is 13.8 Å². The molecule has 0 bridgehead atoms. The summed E-state index contributed by atoms with van der Waals surface area (Å²) in [6.45, 7) is 35.2. The fourth-order valence-electron chi connectivity index (χ4n) is 17.5. The molecule has 0 aromatic heterocycles. The molecule has 0 unspecified atom stereocenters. The van der Waals surface area contributed by atoms with Gasteiger partial charge in [-0.1, -0.05) is 159 Å². The van der Waals surface area contributed by atoms with Crippen LogP contribution in [0.15, 0.2) is 97.1 Å². The number of carbonyl (C=O) groups excluding carboxylic acids is 6. The minimum absolute atomic E-state index is 0. The Hall–Kier alpha value is -6.46. The number of nitrogens with zero attached hydrogens (tertiary/aromatic N) is 4. The van der Waals surface area contributed by atoms with Gasteiger partial charge in [-0.2, -0.15) is 0 Å². The topological polar surface area (TPSA) is 185 Å². The molecular formula is C82H131N9O7. The zero-order valence-corrected chi connectivity index (χ0v) is 61.9. The molecule has 4 aromatic carbocycles. The molecular weight excluding hydrogens is 1220 g/mol. The van der Waals surface area contributed by atoms with Gasteiger partial charge in [0.05, 0.1) is 44.4 Å². The van der Waals surface area contributed by atoms with Crippen molar-refractivity contribution in [3.8, 4) is 0 Å². The Labute approximate surface area is 595 Å². The highest BCUT2D eigenvalue weighted by atomic mass is 16.5. The summed E-state index contributed by atoms with van der Waals surface area (Å²) in [5, 5.41) is 15.7. The van der Waals surface area contributed by atoms with Gasteiger partial charge in [0.25, 0.3) is 0 Å². The summed E-state index contributed by atoms with van der Waals surface area (Å²) in [4.78, 5) is 80.2. The van der Waals surface area contributed by atoms with Gasteiger partial charge in [-0.05, 0) is 217 Å². The first-order valence-electron chi connectivity index (χ1n) is 37.5. The van der Waals surface area contributed by atoms with Gasteiger partial charge < -0.3 is 41.1 Å². The van der Waals surface area contributed by atoms with E-state index in [1.807, 2.05) is 19.9 Å². The average Bonchev–Trinajstić information content (AvgIpc) is 1.63. The standard InChI is InChI=1S/C22H34N2O.C21H31N3O2.C21H32N2O.C18H24N2O3.5H2/c1-5-20(25)23-19-16-22(18-9-7-6-8-17(18)19)11-14-24(15-12-22)13-10-21(2,3)4;1-15(2)13-22-20(26)14-24-10-8-21(9-11-24)12-19(23-16(3)25)17-6-4-5-7-18(17)21;1-4-20(24)22-19-15-21(18-8-6-5-7-17(18)19)10-13-23(14-11-21)12-9-16(2)3;1-13(21)19-16-11-18(15-6-4-3-5-14(15)16)7-9-20(10-8-18)12-17(22)23-2;;;;;/h6-9,19H,5,10-16H2,1-4H3,(H,23,25);4-7,15,19H,8-14H2,1-3H3,(H,22,26)(H,23,25);5-8,16,19H,4,9-15H2,1-3H3,(H,22,24);3-6,16H,7-12H2,1-2H3,(H,19,21);5*1H/t3*19-;16-;;;;;/m0000...../s1. The third-order valence-corrected chi connectivity index (χ3v) is 23.2. The molecule has 4 aliphatic carbocycles. The van der Waals surface area contributed by atoms with Crippen molar-refractivity contribution in [1.29, 1.82) is 0 Å². The van der Waals surface area contributed by atoms with E-state index in [0.29, 0.717) is 37.3 Å². The van der Waals surface area contributed by atoms with E-state index in [0.717, 1.165) is 90.0 Å². The molecule has 0 radical (unpaired) electrons. The second-order valence-corrected chi connectivity index (χ2v) is 32.2. The number of benzene rings is 4. The van der Waals surface area contributed by atoms with Crippen LogP contribution >= 0.6 is 0 Å². The summed E-state index contributed by atoms with van der Waals surface area (Å²) in [6, 6.07) is 35.2. The number of ether oxygens (including phenoxy) is 1. The third kappa shape index (κ3) is 19.1. The van der Waals surface area contributed by atoms with Gasteiger partial charge in [-0.3, -0.25) is 38.6 Å². The van der Waals surface area contributed by atoms with Crippen LogP contribution in [-0.2, 0) is 55.2 Å². The lowest BCUT2D eigenvalue weighted by molar-refractivity contribution is -0.142. The van der Waals surface area contributed by atoms with Crippen LogP contribution in [0.4, 0.5) is 0 Å². The highest BCUT2D eigenvalue weighted by molar-refractivity contribution is 5.78. The molecule has 5 N–H and O–H groups in total. The lowest BCUT2D eigenvalue weighted by Gasteiger charge is -2.41. The first-order valence-corrected chi connectivity index (χ1v) is 37.5. The SMILES string of the molecule is CC(=O)N[C@H]1CC2(CCN(CC(=O)NCC(C)C)CC2)c2ccccc21.CCC(=O)N[C@H]1CC2(CCN(CCC(C)(C)C)CC2)c2ccccc21.CCC(=O)N[C@H]1CC2(CCN(CCC(C)C)CC2)c2ccccc21.COC(=O)CN1CCC2(CC1)C[C@H](NC(C)=O)c1ccccc12.[HH].[HH].[HH].[HH].[HH]. The van der Waals surface area contributed by atoms with Crippen molar-refractivity contribution >= 4 is 35.5 Å². The summed E-state index contributed by atoms with van der Waals surface area (Å²) in [5.41, 5.74) is 12.2. The van der Waals surface area contributed by atoms with Crippen LogP contribution in [0.5, 0.6) is 0 Å². The Morgan fingerprint density at radius 2 is 0.776 bits per heavy atom. The van der Waals surface area contributed by atoms with Crippen molar-refractivity contribution in [1.82, 2.24) is 46.2 Å². The molecule has 4 aliphatic heterocycles. The molecule has 4 heterocycles. The lowest BCUT2D eigenvalue weighted by Crippen LogP contribution is -2.46. The van der Waals surface area contributed by atoms with Crippen LogP contribution in [0.25, 0.3) is 0 Å². The number of nitrogens with one attached hydrogen (secondary N) is 5. The number of hydrogen-bond acceptors (Lipinski definition) is 11.